The first kappa shape index (κ1) is 17.8. The highest BCUT2D eigenvalue weighted by atomic mass is 32.1. The van der Waals surface area contributed by atoms with E-state index >= 15 is 0 Å². The van der Waals surface area contributed by atoms with E-state index in [1.807, 2.05) is 60.7 Å². The minimum absolute atomic E-state index is 0.289. The van der Waals surface area contributed by atoms with Gasteiger partial charge in [0.25, 0.3) is 5.91 Å². The third-order valence-electron chi connectivity index (χ3n) is 3.89. The Bertz CT molecular complexity index is 1070. The molecule has 2 aromatic carbocycles. The predicted octanol–water partition coefficient (Wildman–Crippen LogP) is 4.43. The Morgan fingerprint density at radius 1 is 0.964 bits per heavy atom. The first-order valence-electron chi connectivity index (χ1n) is 8.61. The molecule has 0 radical (unpaired) electrons. The number of carbonyl (C=O) groups is 1. The van der Waals surface area contributed by atoms with Crippen LogP contribution in [0.5, 0.6) is 5.88 Å². The van der Waals surface area contributed by atoms with Crippen LogP contribution in [0.15, 0.2) is 79.0 Å². The molecule has 138 valence electrons. The van der Waals surface area contributed by atoms with Gasteiger partial charge in [-0.2, -0.15) is 0 Å². The van der Waals surface area contributed by atoms with Crippen molar-refractivity contribution in [2.45, 2.75) is 6.61 Å². The van der Waals surface area contributed by atoms with Crippen LogP contribution in [-0.4, -0.2) is 21.1 Å². The van der Waals surface area contributed by atoms with Crippen LogP contribution in [-0.2, 0) is 6.61 Å². The molecule has 0 unspecified atom stereocenters. The molecule has 6 nitrogen and oxygen atoms in total. The number of aromatic nitrogens is 3. The van der Waals surface area contributed by atoms with Gasteiger partial charge in [-0.25, -0.2) is 4.98 Å². The van der Waals surface area contributed by atoms with Gasteiger partial charge in [0.2, 0.25) is 11.0 Å². The summed E-state index contributed by atoms with van der Waals surface area (Å²) in [4.78, 5) is 16.7. The van der Waals surface area contributed by atoms with Crippen molar-refractivity contribution < 1.29 is 9.53 Å². The number of nitrogens with one attached hydrogen (secondary N) is 1. The lowest BCUT2D eigenvalue weighted by Crippen LogP contribution is -2.12. The summed E-state index contributed by atoms with van der Waals surface area (Å²) in [6.45, 7) is 0.385. The lowest BCUT2D eigenvalue weighted by atomic mass is 10.2. The third kappa shape index (κ3) is 4.39. The molecule has 28 heavy (non-hydrogen) atoms. The topological polar surface area (TPSA) is 77.0 Å². The number of benzene rings is 2. The summed E-state index contributed by atoms with van der Waals surface area (Å²) in [7, 11) is 0. The summed E-state index contributed by atoms with van der Waals surface area (Å²) in [6, 6.07) is 22.7. The summed E-state index contributed by atoms with van der Waals surface area (Å²) in [5.41, 5.74) is 2.43. The molecule has 0 bridgehead atoms. The second-order valence-electron chi connectivity index (χ2n) is 5.89. The zero-order valence-corrected chi connectivity index (χ0v) is 15.6. The zero-order chi connectivity index (χ0) is 19.2. The van der Waals surface area contributed by atoms with E-state index < -0.39 is 0 Å². The second-order valence-corrected chi connectivity index (χ2v) is 6.87. The van der Waals surface area contributed by atoms with Crippen molar-refractivity contribution in [3.63, 3.8) is 0 Å². The molecule has 0 spiro atoms. The van der Waals surface area contributed by atoms with E-state index in [-0.39, 0.29) is 5.91 Å². The number of nitrogens with zero attached hydrogens (tertiary/aromatic N) is 3. The van der Waals surface area contributed by atoms with Crippen LogP contribution in [0.25, 0.3) is 10.6 Å². The van der Waals surface area contributed by atoms with Crippen LogP contribution in [0.2, 0.25) is 0 Å². The smallest absolute Gasteiger partial charge is 0.257 e. The Hall–Kier alpha value is -3.58. The molecule has 0 aliphatic heterocycles. The summed E-state index contributed by atoms with van der Waals surface area (Å²) in [6.07, 6.45) is 1.55. The van der Waals surface area contributed by atoms with Gasteiger partial charge in [0.05, 0.1) is 0 Å². The highest BCUT2D eigenvalue weighted by molar-refractivity contribution is 7.18. The number of anilines is 1. The summed E-state index contributed by atoms with van der Waals surface area (Å²) in [5.74, 6) is 0.0986. The molecule has 7 heteroatoms. The van der Waals surface area contributed by atoms with E-state index in [9.17, 15) is 4.79 Å². The maximum absolute atomic E-state index is 12.5. The third-order valence-corrected chi connectivity index (χ3v) is 4.78. The molecular weight excluding hydrogens is 372 g/mol. The van der Waals surface area contributed by atoms with Gasteiger partial charge in [0, 0.05) is 23.4 Å². The van der Waals surface area contributed by atoms with E-state index in [2.05, 4.69) is 20.5 Å². The summed E-state index contributed by atoms with van der Waals surface area (Å²) < 4.78 is 5.68. The van der Waals surface area contributed by atoms with Gasteiger partial charge < -0.3 is 4.74 Å². The van der Waals surface area contributed by atoms with Crippen molar-refractivity contribution in [3.8, 4) is 16.5 Å². The number of carbonyl (C=O) groups excluding carboxylic acids is 1. The van der Waals surface area contributed by atoms with Gasteiger partial charge in [0.15, 0.2) is 0 Å². The van der Waals surface area contributed by atoms with Crippen LogP contribution in [0.1, 0.15) is 15.9 Å². The average molecular weight is 388 g/mol. The molecule has 0 saturated heterocycles. The van der Waals surface area contributed by atoms with Crippen LogP contribution in [0.3, 0.4) is 0 Å². The van der Waals surface area contributed by atoms with Gasteiger partial charge in [-0.15, -0.1) is 10.2 Å². The van der Waals surface area contributed by atoms with Crippen molar-refractivity contribution >= 4 is 22.4 Å². The first-order valence-corrected chi connectivity index (χ1v) is 9.42. The zero-order valence-electron chi connectivity index (χ0n) is 14.8. The lowest BCUT2D eigenvalue weighted by molar-refractivity contribution is 0.102. The van der Waals surface area contributed by atoms with Gasteiger partial charge in [-0.1, -0.05) is 72.0 Å². The Balaban J connectivity index is 1.42. The summed E-state index contributed by atoms with van der Waals surface area (Å²) in [5, 5.41) is 12.1. The number of ether oxygens (including phenoxy) is 1. The van der Waals surface area contributed by atoms with Crippen LogP contribution < -0.4 is 10.1 Å². The van der Waals surface area contributed by atoms with Crippen molar-refractivity contribution in [3.05, 3.63) is 90.1 Å². The summed E-state index contributed by atoms with van der Waals surface area (Å²) >= 11 is 1.32. The van der Waals surface area contributed by atoms with Gasteiger partial charge in [0.1, 0.15) is 11.6 Å². The van der Waals surface area contributed by atoms with E-state index in [0.29, 0.717) is 23.2 Å². The maximum atomic E-state index is 12.5. The Morgan fingerprint density at radius 2 is 1.71 bits per heavy atom. The first-order chi connectivity index (χ1) is 13.8. The fourth-order valence-electron chi connectivity index (χ4n) is 2.50. The molecule has 1 amide bonds. The van der Waals surface area contributed by atoms with Crippen LogP contribution in [0, 0.1) is 0 Å². The molecule has 4 aromatic rings. The molecule has 0 aliphatic rings. The number of hydrogen-bond donors (Lipinski definition) is 1. The molecule has 2 aromatic heterocycles. The van der Waals surface area contributed by atoms with Gasteiger partial charge >= 0.3 is 0 Å². The molecule has 0 aliphatic carbocycles. The number of pyridine rings is 1. The number of amides is 1. The Labute approximate surface area is 165 Å². The molecule has 0 fully saturated rings. The largest absolute Gasteiger partial charge is 0.473 e. The van der Waals surface area contributed by atoms with Crippen molar-refractivity contribution in [2.24, 2.45) is 0 Å². The van der Waals surface area contributed by atoms with E-state index in [1.165, 1.54) is 11.3 Å². The molecule has 0 atom stereocenters. The average Bonchev–Trinajstić information content (AvgIpc) is 3.22. The molecule has 2 heterocycles. The number of rotatable bonds is 6. The standard InChI is InChI=1S/C21H16N4O2S/c26-19(23-21-25-24-20(28-21)16-9-5-2-6-10-16)17-11-12-22-18(13-17)27-14-15-7-3-1-4-8-15/h1-13H,14H2,(H,23,25,26). The highest BCUT2D eigenvalue weighted by Gasteiger charge is 2.12. The second kappa shape index (κ2) is 8.41. The van der Waals surface area contributed by atoms with Crippen LogP contribution in [0.4, 0.5) is 5.13 Å². The SMILES string of the molecule is O=C(Nc1nnc(-c2ccccc2)s1)c1ccnc(OCc2ccccc2)c1. The van der Waals surface area contributed by atoms with E-state index in [0.717, 1.165) is 16.1 Å². The predicted molar refractivity (Wildman–Crippen MR) is 108 cm³/mol. The van der Waals surface area contributed by atoms with Crippen molar-refractivity contribution in [1.29, 1.82) is 0 Å². The Morgan fingerprint density at radius 3 is 2.50 bits per heavy atom. The van der Waals surface area contributed by atoms with Crippen molar-refractivity contribution in [2.75, 3.05) is 5.32 Å². The highest BCUT2D eigenvalue weighted by Crippen LogP contribution is 2.26. The van der Waals surface area contributed by atoms with E-state index in [1.54, 1.807) is 18.3 Å². The fraction of sp³-hybridized carbons (Fsp3) is 0.0476. The fourth-order valence-corrected chi connectivity index (χ4v) is 3.25. The molecule has 4 rings (SSSR count). The van der Waals surface area contributed by atoms with Gasteiger partial charge in [-0.3, -0.25) is 10.1 Å². The van der Waals surface area contributed by atoms with Gasteiger partial charge in [-0.05, 0) is 11.6 Å². The quantitative estimate of drug-likeness (QED) is 0.529. The van der Waals surface area contributed by atoms with Crippen molar-refractivity contribution in [1.82, 2.24) is 15.2 Å². The molecule has 1 N–H and O–H groups in total. The lowest BCUT2D eigenvalue weighted by Gasteiger charge is -2.07. The maximum Gasteiger partial charge on any atom is 0.257 e. The minimum atomic E-state index is -0.289. The monoisotopic (exact) mass is 388 g/mol. The molecule has 0 saturated carbocycles. The normalized spacial score (nSPS) is 10.4. The number of hydrogen-bond acceptors (Lipinski definition) is 6. The van der Waals surface area contributed by atoms with E-state index in [4.69, 9.17) is 4.74 Å². The van der Waals surface area contributed by atoms with Crippen LogP contribution >= 0.6 is 11.3 Å². The Kier molecular flexibility index (Phi) is 5.35. The molecular formula is C21H16N4O2S. The minimum Gasteiger partial charge on any atom is -0.473 e.